The first-order valence-corrected chi connectivity index (χ1v) is 41.7. The SMILES string of the molecule is CC(=O)Nc1cccc(-c2cccc(C3(C)CN(C)C(N)=N3)c2)c1.CC(=O)c1cccc(-c2cccc(C3(C)CN(C)C(N)=N3)c2)c1.CN1C(=O)[C@@](CCC2CCCCC2)(C[C@H]2CCC[C@@H](NC(=O)c3ccnc(Cl)c3F)C2)N=C1N.NC1=NC(c2ccccc2)(c2ccccc2)C(=O)N1CC1CCN(C(=O)[C@@H]2C[C@H]2c2ccccc2)CC1. The lowest BCUT2D eigenvalue weighted by Gasteiger charge is -2.35. The zero-order chi connectivity index (χ0) is 83.6. The summed E-state index contributed by atoms with van der Waals surface area (Å²) in [5.74, 6) is 2.16. The maximum absolute atomic E-state index is 14.2. The number of piperidine rings is 1. The number of hydrogen-bond acceptors (Lipinski definition) is 17. The predicted octanol–water partition coefficient (Wildman–Crippen LogP) is 14.4. The number of benzene rings is 7. The van der Waals surface area contributed by atoms with Crippen LogP contribution in [0.4, 0.5) is 10.1 Å². The van der Waals surface area contributed by atoms with Crippen molar-refractivity contribution in [3.8, 4) is 22.3 Å². The quantitative estimate of drug-likeness (QED) is 0.0324. The molecule has 7 aromatic carbocycles. The van der Waals surface area contributed by atoms with Gasteiger partial charge in [-0.25, -0.2) is 29.3 Å². The minimum Gasteiger partial charge on any atom is -0.370 e. The summed E-state index contributed by atoms with van der Waals surface area (Å²) in [5.41, 5.74) is 32.5. The monoisotopic (exact) mass is 1610 g/mol. The summed E-state index contributed by atoms with van der Waals surface area (Å²) in [6, 6.07) is 63.1. The molecule has 8 aliphatic rings. The first-order chi connectivity index (χ1) is 56.6. The number of amides is 5. The molecule has 0 radical (unpaired) electrons. The second kappa shape index (κ2) is 36.5. The Morgan fingerprint density at radius 3 is 1.64 bits per heavy atom. The van der Waals surface area contributed by atoms with Gasteiger partial charge < -0.3 is 48.3 Å². The Hall–Kier alpha value is -11.6. The number of guanidine groups is 4. The van der Waals surface area contributed by atoms with Gasteiger partial charge in [-0.1, -0.05) is 214 Å². The van der Waals surface area contributed by atoms with Crippen LogP contribution in [0.2, 0.25) is 5.15 Å². The molecule has 3 aliphatic carbocycles. The molecule has 16 rings (SSSR count). The van der Waals surface area contributed by atoms with E-state index in [0.717, 1.165) is 140 Å². The zero-order valence-corrected chi connectivity index (χ0v) is 69.4. The molecule has 24 heteroatoms. The zero-order valence-electron chi connectivity index (χ0n) is 68.6. The number of pyridine rings is 1. The highest BCUT2D eigenvalue weighted by atomic mass is 35.5. The number of carbonyl (C=O) groups is 6. The Morgan fingerprint density at radius 1 is 0.551 bits per heavy atom. The van der Waals surface area contributed by atoms with Crippen LogP contribution in [0, 0.1) is 29.5 Å². The molecule has 0 bridgehead atoms. The van der Waals surface area contributed by atoms with Gasteiger partial charge in [-0.05, 0) is 182 Å². The van der Waals surface area contributed by atoms with Gasteiger partial charge in [-0.3, -0.25) is 38.6 Å². The maximum atomic E-state index is 14.2. The number of nitrogens with two attached hydrogens (primary N) is 4. The summed E-state index contributed by atoms with van der Waals surface area (Å²) in [6.07, 6.45) is 16.1. The van der Waals surface area contributed by atoms with Gasteiger partial charge in [-0.15, -0.1) is 0 Å². The molecule has 3 saturated carbocycles. The standard InChI is InChI=1S/C31H32N4O2.C25H35ClFN5O2.C19H22N4O.C19H21N3O/c32-30-33-31(24-12-6-2-7-13-24,25-14-8-3-9-15-25)29(37)35(30)21-22-16-18-34(19-17-22)28(36)27-20-26(27)23-10-4-1-5-11-23;1-32-23(34)25(31-24(32)28,12-10-16-6-3-2-4-7-16)15-17-8-5-9-18(14-17)30-22(33)19-11-13-29-21(26)20(19)27;1-13(24)21-17-9-5-7-15(11-17)14-6-4-8-16(10-14)19(2)12-23(3)18(20)22-19;1-13(23)14-6-4-7-15(10-14)16-8-5-9-17(11-16)19(2)12-22(3)18(20)21-19/h1-15,22,26-27H,16-21H2,(H2,32,33);11,13,16-18H,2-10,12,14-15H2,1H3,(H2,28,31)(H,30,33);4-11H,12H2,1-3H3,(H2,20,22)(H,21,24);4-11H,12H2,1-3H3,(H2,20,21)/t26-,27+;17-,18+,25+;;/m00../s1. The number of anilines is 1. The molecule has 4 fully saturated rings. The largest absolute Gasteiger partial charge is 0.370 e. The molecule has 10 N–H and O–H groups in total. The Labute approximate surface area is 696 Å². The first kappa shape index (κ1) is 84.3. The van der Waals surface area contributed by atoms with E-state index < -0.39 is 22.8 Å². The van der Waals surface area contributed by atoms with Crippen LogP contribution in [-0.2, 0) is 35.8 Å². The van der Waals surface area contributed by atoms with E-state index in [1.165, 1.54) is 61.8 Å². The van der Waals surface area contributed by atoms with Crippen LogP contribution in [-0.4, -0.2) is 154 Å². The molecule has 1 saturated heterocycles. The average molecular weight is 1610 g/mol. The van der Waals surface area contributed by atoms with Crippen LogP contribution in [0.25, 0.3) is 22.3 Å². The number of rotatable bonds is 19. The van der Waals surface area contributed by atoms with Crippen molar-refractivity contribution in [1.29, 1.82) is 0 Å². The van der Waals surface area contributed by atoms with Gasteiger partial charge >= 0.3 is 0 Å². The van der Waals surface area contributed by atoms with Crippen molar-refractivity contribution in [2.45, 2.75) is 158 Å². The molecule has 616 valence electrons. The van der Waals surface area contributed by atoms with E-state index in [1.54, 1.807) is 18.9 Å². The van der Waals surface area contributed by atoms with Gasteiger partial charge in [-0.2, -0.15) is 0 Å². The molecule has 118 heavy (non-hydrogen) atoms. The molecule has 5 aliphatic heterocycles. The van der Waals surface area contributed by atoms with E-state index in [4.69, 9.17) is 44.5 Å². The molecule has 2 unspecified atom stereocenters. The number of hydrogen-bond donors (Lipinski definition) is 6. The van der Waals surface area contributed by atoms with Gasteiger partial charge in [0.2, 0.25) is 11.8 Å². The van der Waals surface area contributed by atoms with Gasteiger partial charge in [0.05, 0.1) is 5.56 Å². The number of aromatic nitrogens is 1. The summed E-state index contributed by atoms with van der Waals surface area (Å²) >= 11 is 5.73. The van der Waals surface area contributed by atoms with E-state index >= 15 is 0 Å². The molecule has 6 heterocycles. The molecule has 5 amide bonds. The number of aliphatic imine (C=N–C) groups is 4. The summed E-state index contributed by atoms with van der Waals surface area (Å²) in [4.78, 5) is 107. The molecule has 0 spiro atoms. The van der Waals surface area contributed by atoms with E-state index in [0.29, 0.717) is 42.7 Å². The van der Waals surface area contributed by atoms with Crippen molar-refractivity contribution < 1.29 is 33.2 Å². The van der Waals surface area contributed by atoms with E-state index in [1.807, 2.05) is 168 Å². The van der Waals surface area contributed by atoms with Crippen molar-refractivity contribution in [3.05, 3.63) is 250 Å². The fourth-order valence-electron chi connectivity index (χ4n) is 18.1. The van der Waals surface area contributed by atoms with E-state index in [-0.39, 0.29) is 81.0 Å². The smallest absolute Gasteiger partial charge is 0.266 e. The molecular formula is C94H110ClFN16O6. The van der Waals surface area contributed by atoms with Crippen LogP contribution in [0.1, 0.15) is 178 Å². The second-order valence-electron chi connectivity index (χ2n) is 33.5. The number of likely N-dealkylation sites (tertiary alicyclic amines) is 1. The number of halogens is 2. The summed E-state index contributed by atoms with van der Waals surface area (Å²) in [5, 5.41) is 5.47. The lowest BCUT2D eigenvalue weighted by Crippen LogP contribution is -2.48. The fourth-order valence-corrected chi connectivity index (χ4v) is 18.3. The Bertz CT molecular complexity index is 5070. The van der Waals surface area contributed by atoms with E-state index in [9.17, 15) is 33.2 Å². The van der Waals surface area contributed by atoms with Gasteiger partial charge in [0.1, 0.15) is 16.6 Å². The molecule has 7 atom stereocenters. The minimum absolute atomic E-state index is 0.0135. The molecule has 8 aromatic rings. The highest BCUT2D eigenvalue weighted by molar-refractivity contribution is 6.30. The normalized spacial score (nSPS) is 23.4. The highest BCUT2D eigenvalue weighted by Crippen LogP contribution is 2.49. The van der Waals surface area contributed by atoms with Crippen LogP contribution in [0.5, 0.6) is 0 Å². The topological polar surface area (TPSA) is 309 Å². The lowest BCUT2D eigenvalue weighted by molar-refractivity contribution is -0.135. The summed E-state index contributed by atoms with van der Waals surface area (Å²) in [6.45, 7) is 10.8. The van der Waals surface area contributed by atoms with Crippen LogP contribution < -0.4 is 33.6 Å². The number of nitrogens with zero attached hydrogens (tertiary/aromatic N) is 10. The number of likely N-dealkylation sites (N-methyl/N-ethyl adjacent to an activating group) is 3. The second-order valence-corrected chi connectivity index (χ2v) is 33.9. The third-order valence-electron chi connectivity index (χ3n) is 24.8. The Kier molecular flexibility index (Phi) is 26.1. The first-order valence-electron chi connectivity index (χ1n) is 41.3. The maximum Gasteiger partial charge on any atom is 0.266 e. The van der Waals surface area contributed by atoms with Crippen molar-refractivity contribution >= 4 is 76.4 Å². The highest BCUT2D eigenvalue weighted by Gasteiger charge is 2.53. The number of nitrogens with one attached hydrogen (secondary N) is 2. The van der Waals surface area contributed by atoms with Gasteiger partial charge in [0.15, 0.2) is 46.1 Å². The third kappa shape index (κ3) is 19.2. The van der Waals surface area contributed by atoms with Crippen LogP contribution in [0.15, 0.2) is 220 Å². The number of carbonyl (C=O) groups excluding carboxylic acids is 6. The van der Waals surface area contributed by atoms with Gasteiger partial charge in [0, 0.05) is 90.2 Å². The minimum atomic E-state index is -1.16. The van der Waals surface area contributed by atoms with Crippen LogP contribution >= 0.6 is 11.6 Å². The third-order valence-corrected chi connectivity index (χ3v) is 25.0. The fraction of sp³-hybridized carbons (Fsp3) is 0.394. The predicted molar refractivity (Wildman–Crippen MR) is 465 cm³/mol. The van der Waals surface area contributed by atoms with Gasteiger partial charge in [0.25, 0.3) is 17.7 Å². The van der Waals surface area contributed by atoms with Crippen LogP contribution in [0.3, 0.4) is 0 Å². The summed E-state index contributed by atoms with van der Waals surface area (Å²) < 4.78 is 14.2. The molecule has 1 aromatic heterocycles. The molecule has 22 nitrogen and oxygen atoms in total. The summed E-state index contributed by atoms with van der Waals surface area (Å²) in [7, 11) is 5.59. The Balaban J connectivity index is 0.000000139. The number of ketones is 1. The van der Waals surface area contributed by atoms with Crippen molar-refractivity contribution in [3.63, 3.8) is 0 Å². The number of Topliss-reactive ketones (excluding diaryl/α,β-unsaturated/α-hetero) is 1. The van der Waals surface area contributed by atoms with Crippen molar-refractivity contribution in [2.75, 3.05) is 59.2 Å². The average Bonchev–Trinajstić information content (AvgIpc) is 1.57. The van der Waals surface area contributed by atoms with Crippen molar-refractivity contribution in [2.24, 2.45) is 66.6 Å². The van der Waals surface area contributed by atoms with Crippen molar-refractivity contribution in [1.82, 2.24) is 34.8 Å². The Morgan fingerprint density at radius 2 is 1.09 bits per heavy atom. The van der Waals surface area contributed by atoms with E-state index in [2.05, 4.69) is 88.0 Å². The lowest BCUT2D eigenvalue weighted by atomic mass is 9.74. The molecular weight excluding hydrogens is 1500 g/mol.